The molecule has 2 aromatic rings. The Balaban J connectivity index is 1.29. The second kappa shape index (κ2) is 12.2. The zero-order valence-electron chi connectivity index (χ0n) is 26.0. The molecule has 3 atom stereocenters. The molecule has 1 aromatic heterocycles. The summed E-state index contributed by atoms with van der Waals surface area (Å²) >= 11 is 0. The van der Waals surface area contributed by atoms with E-state index in [1.165, 1.54) is 37.1 Å². The quantitative estimate of drug-likeness (QED) is 0.360. The molecule has 0 radical (unpaired) electrons. The number of carbonyl (C=O) groups excluding carboxylic acids is 4. The van der Waals surface area contributed by atoms with E-state index in [1.54, 1.807) is 20.8 Å². The molecule has 250 valence electrons. The lowest BCUT2D eigenvalue weighted by Gasteiger charge is -2.47. The molecule has 15 heteroatoms. The Labute approximate surface area is 269 Å². The van der Waals surface area contributed by atoms with Gasteiger partial charge in [0.2, 0.25) is 23.6 Å². The van der Waals surface area contributed by atoms with Gasteiger partial charge in [-0.2, -0.15) is 13.2 Å². The molecule has 3 fully saturated rings. The lowest BCUT2D eigenvalue weighted by Crippen LogP contribution is -2.64. The Morgan fingerprint density at radius 3 is 2.51 bits per heavy atom. The monoisotopic (exact) mass is 657 g/mol. The van der Waals surface area contributed by atoms with E-state index in [4.69, 9.17) is 0 Å². The van der Waals surface area contributed by atoms with Crippen LogP contribution in [0, 0.1) is 18.7 Å². The average Bonchev–Trinajstić information content (AvgIpc) is 3.35. The highest BCUT2D eigenvalue weighted by atomic mass is 19.4. The van der Waals surface area contributed by atoms with Gasteiger partial charge in [0.05, 0.1) is 23.5 Å². The molecule has 0 saturated carbocycles. The van der Waals surface area contributed by atoms with Gasteiger partial charge < -0.3 is 19.6 Å². The fourth-order valence-electron chi connectivity index (χ4n) is 7.16. The lowest BCUT2D eigenvalue weighted by atomic mass is 9.95. The molecule has 11 nitrogen and oxygen atoms in total. The van der Waals surface area contributed by atoms with Gasteiger partial charge in [-0.3, -0.25) is 29.0 Å². The van der Waals surface area contributed by atoms with Crippen LogP contribution in [-0.2, 0) is 25.4 Å². The predicted molar refractivity (Wildman–Crippen MR) is 164 cm³/mol. The Bertz CT molecular complexity index is 1630. The first-order valence-electron chi connectivity index (χ1n) is 15.4. The SMILES string of the molecule is C=CC(=O)N1CCN2CC(=O)N(CCN3C[C@H]4CC(=O)N(c5cc(C(F)(F)F)cc(C)n5)[C@@H]4C(=O)N(C)c4cccc(F)c43)C[C@@H]2C1. The summed E-state index contributed by atoms with van der Waals surface area (Å²) in [6.45, 7) is 7.36. The molecular formula is C32H35F4N7O4. The van der Waals surface area contributed by atoms with Crippen molar-refractivity contribution in [1.82, 2.24) is 19.7 Å². The Kier molecular flexibility index (Phi) is 8.45. The fourth-order valence-corrected chi connectivity index (χ4v) is 7.16. The molecule has 1 aromatic carbocycles. The average molecular weight is 658 g/mol. The maximum absolute atomic E-state index is 15.6. The molecule has 0 spiro atoms. The summed E-state index contributed by atoms with van der Waals surface area (Å²) in [5.74, 6) is -3.02. The Morgan fingerprint density at radius 2 is 1.79 bits per heavy atom. The van der Waals surface area contributed by atoms with Crippen molar-refractivity contribution in [2.75, 3.05) is 74.1 Å². The third kappa shape index (κ3) is 6.03. The molecule has 0 bridgehead atoms. The summed E-state index contributed by atoms with van der Waals surface area (Å²) in [5, 5.41) is 0. The second-order valence-electron chi connectivity index (χ2n) is 12.4. The van der Waals surface area contributed by atoms with Gasteiger partial charge in [-0.25, -0.2) is 9.37 Å². The first kappa shape index (κ1) is 32.4. The van der Waals surface area contributed by atoms with Gasteiger partial charge in [-0.1, -0.05) is 12.6 Å². The second-order valence-corrected chi connectivity index (χ2v) is 12.4. The van der Waals surface area contributed by atoms with E-state index < -0.39 is 41.3 Å². The van der Waals surface area contributed by atoms with Crippen LogP contribution in [0.4, 0.5) is 34.8 Å². The van der Waals surface area contributed by atoms with Crippen LogP contribution in [0.5, 0.6) is 0 Å². The molecule has 4 aliphatic rings. The topological polar surface area (TPSA) is 101 Å². The number of fused-ring (bicyclic) bond motifs is 3. The van der Waals surface area contributed by atoms with Crippen LogP contribution in [0.1, 0.15) is 17.7 Å². The minimum Gasteiger partial charge on any atom is -0.365 e. The number of likely N-dealkylation sites (N-methyl/N-ethyl adjacent to an activating group) is 1. The van der Waals surface area contributed by atoms with Crippen molar-refractivity contribution < 1.29 is 36.7 Å². The fraction of sp³-hybridized carbons (Fsp3) is 0.469. The van der Waals surface area contributed by atoms with Crippen molar-refractivity contribution in [3.63, 3.8) is 0 Å². The van der Waals surface area contributed by atoms with Crippen molar-refractivity contribution in [3.05, 3.63) is 60.1 Å². The number of alkyl halides is 3. The van der Waals surface area contributed by atoms with Crippen molar-refractivity contribution in [1.29, 1.82) is 0 Å². The van der Waals surface area contributed by atoms with Gasteiger partial charge in [0, 0.05) is 76.9 Å². The maximum Gasteiger partial charge on any atom is 0.416 e. The lowest BCUT2D eigenvalue weighted by molar-refractivity contribution is -0.142. The van der Waals surface area contributed by atoms with E-state index in [2.05, 4.69) is 11.6 Å². The number of para-hydroxylation sites is 1. The van der Waals surface area contributed by atoms with Crippen LogP contribution < -0.4 is 14.7 Å². The number of aromatic nitrogens is 1. The molecule has 0 aliphatic carbocycles. The molecular weight excluding hydrogens is 622 g/mol. The van der Waals surface area contributed by atoms with Gasteiger partial charge in [-0.15, -0.1) is 0 Å². The van der Waals surface area contributed by atoms with Crippen LogP contribution in [0.15, 0.2) is 43.0 Å². The van der Waals surface area contributed by atoms with E-state index in [0.717, 1.165) is 17.0 Å². The van der Waals surface area contributed by atoms with Crippen LogP contribution in [0.2, 0.25) is 0 Å². The number of aryl methyl sites for hydroxylation is 1. The number of benzene rings is 1. The number of anilines is 3. The number of nitrogens with zero attached hydrogens (tertiary/aromatic N) is 7. The number of halogens is 4. The summed E-state index contributed by atoms with van der Waals surface area (Å²) in [6.07, 6.45) is -3.60. The minimum absolute atomic E-state index is 0.0254. The van der Waals surface area contributed by atoms with E-state index in [0.29, 0.717) is 26.2 Å². The summed E-state index contributed by atoms with van der Waals surface area (Å²) in [5.41, 5.74) is -0.599. The van der Waals surface area contributed by atoms with Gasteiger partial charge in [0.25, 0.3) is 0 Å². The first-order chi connectivity index (χ1) is 22.3. The van der Waals surface area contributed by atoms with Crippen molar-refractivity contribution in [2.45, 2.75) is 31.6 Å². The highest BCUT2D eigenvalue weighted by Gasteiger charge is 2.49. The van der Waals surface area contributed by atoms with Crippen molar-refractivity contribution >= 4 is 40.8 Å². The molecule has 0 N–H and O–H groups in total. The number of carbonyl (C=O) groups is 4. The van der Waals surface area contributed by atoms with Crippen LogP contribution in [0.3, 0.4) is 0 Å². The van der Waals surface area contributed by atoms with E-state index in [1.807, 2.05) is 4.90 Å². The largest absolute Gasteiger partial charge is 0.416 e. The highest BCUT2D eigenvalue weighted by Crippen LogP contribution is 2.41. The normalized spacial score (nSPS) is 23.7. The number of piperazine rings is 2. The standard InChI is InChI=1S/C32H35F4N7O4/c1-4-26(44)40-9-8-39-18-28(46)41(17-22(39)16-40)10-11-42-15-20-13-27(45)43(25-14-21(32(34,35)36)12-19(2)37-25)29(20)31(47)38(3)24-7-5-6-23(33)30(24)42/h4-7,12,14,20,22,29H,1,8-11,13,15-18H2,2-3H3/t20-,22+,29+/m1/s1. The van der Waals surface area contributed by atoms with Crippen molar-refractivity contribution in [3.8, 4) is 0 Å². The number of hydrogen-bond acceptors (Lipinski definition) is 7. The molecule has 3 saturated heterocycles. The predicted octanol–water partition coefficient (Wildman–Crippen LogP) is 2.29. The zero-order valence-corrected chi connectivity index (χ0v) is 26.0. The highest BCUT2D eigenvalue weighted by molar-refractivity contribution is 6.10. The van der Waals surface area contributed by atoms with E-state index in [9.17, 15) is 32.3 Å². The molecule has 5 heterocycles. The van der Waals surface area contributed by atoms with E-state index >= 15 is 4.39 Å². The maximum atomic E-state index is 15.6. The van der Waals surface area contributed by atoms with E-state index in [-0.39, 0.29) is 73.3 Å². The first-order valence-corrected chi connectivity index (χ1v) is 15.4. The number of rotatable bonds is 5. The van der Waals surface area contributed by atoms with Crippen LogP contribution >= 0.6 is 0 Å². The smallest absolute Gasteiger partial charge is 0.365 e. The Hall–Kier alpha value is -4.53. The summed E-state index contributed by atoms with van der Waals surface area (Å²) in [4.78, 5) is 66.5. The minimum atomic E-state index is -4.69. The van der Waals surface area contributed by atoms with Gasteiger partial charge >= 0.3 is 6.18 Å². The van der Waals surface area contributed by atoms with Gasteiger partial charge in [-0.05, 0) is 37.3 Å². The zero-order chi connectivity index (χ0) is 33.8. The molecule has 6 rings (SSSR count). The Morgan fingerprint density at radius 1 is 1.04 bits per heavy atom. The third-order valence-electron chi connectivity index (χ3n) is 9.48. The number of hydrogen-bond donors (Lipinski definition) is 0. The molecule has 4 aliphatic heterocycles. The van der Waals surface area contributed by atoms with Gasteiger partial charge in [0.1, 0.15) is 17.7 Å². The van der Waals surface area contributed by atoms with Crippen molar-refractivity contribution in [2.24, 2.45) is 5.92 Å². The number of amides is 4. The summed E-state index contributed by atoms with van der Waals surface area (Å²) < 4.78 is 56.7. The van der Waals surface area contributed by atoms with Gasteiger partial charge in [0.15, 0.2) is 0 Å². The molecule has 0 unspecified atom stereocenters. The molecule has 4 amide bonds. The summed E-state index contributed by atoms with van der Waals surface area (Å²) in [7, 11) is 1.44. The number of pyridine rings is 1. The third-order valence-corrected chi connectivity index (χ3v) is 9.48. The van der Waals surface area contributed by atoms with Crippen LogP contribution in [0.25, 0.3) is 0 Å². The van der Waals surface area contributed by atoms with Crippen LogP contribution in [-0.4, -0.2) is 115 Å². The summed E-state index contributed by atoms with van der Waals surface area (Å²) in [6, 6.07) is 4.65. The molecule has 47 heavy (non-hydrogen) atoms.